The molecular weight excluding hydrogens is 296 g/mol. The molecule has 1 aromatic rings. The molecule has 0 saturated carbocycles. The lowest BCUT2D eigenvalue weighted by Crippen LogP contribution is -2.38. The van der Waals surface area contributed by atoms with Crippen LogP contribution in [0.2, 0.25) is 0 Å². The molecule has 0 radical (unpaired) electrons. The van der Waals surface area contributed by atoms with Crippen LogP contribution < -0.4 is 24.8 Å². The minimum atomic E-state index is 0.128. The van der Waals surface area contributed by atoms with Gasteiger partial charge in [-0.3, -0.25) is 4.79 Å². The van der Waals surface area contributed by atoms with Gasteiger partial charge in [0, 0.05) is 18.0 Å². The van der Waals surface area contributed by atoms with Crippen LogP contribution in [0.15, 0.2) is 12.1 Å². The van der Waals surface area contributed by atoms with Crippen molar-refractivity contribution >= 4 is 5.91 Å². The van der Waals surface area contributed by atoms with Crippen LogP contribution in [0.5, 0.6) is 17.2 Å². The maximum atomic E-state index is 12.2. The van der Waals surface area contributed by atoms with E-state index in [1.54, 1.807) is 21.3 Å². The fraction of sp³-hybridized carbons (Fsp3) is 0.588. The number of amides is 1. The number of piperidine rings is 1. The van der Waals surface area contributed by atoms with Gasteiger partial charge in [0.25, 0.3) is 0 Å². The molecule has 0 aliphatic carbocycles. The summed E-state index contributed by atoms with van der Waals surface area (Å²) in [6.07, 6.45) is 2.50. The zero-order chi connectivity index (χ0) is 16.7. The van der Waals surface area contributed by atoms with Gasteiger partial charge >= 0.3 is 0 Å². The summed E-state index contributed by atoms with van der Waals surface area (Å²) >= 11 is 0. The number of nitrogens with one attached hydrogen (secondary N) is 2. The molecule has 1 aliphatic rings. The first-order chi connectivity index (χ1) is 11.2. The Morgan fingerprint density at radius 3 is 2.43 bits per heavy atom. The quantitative estimate of drug-likeness (QED) is 0.793. The van der Waals surface area contributed by atoms with E-state index in [1.165, 1.54) is 0 Å². The number of hydrogen-bond donors (Lipinski definition) is 2. The van der Waals surface area contributed by atoms with E-state index in [1.807, 2.05) is 12.1 Å². The first-order valence-corrected chi connectivity index (χ1v) is 7.97. The maximum Gasteiger partial charge on any atom is 0.223 e. The highest BCUT2D eigenvalue weighted by molar-refractivity contribution is 5.78. The van der Waals surface area contributed by atoms with Gasteiger partial charge in [-0.1, -0.05) is 6.07 Å². The number of rotatable bonds is 7. The summed E-state index contributed by atoms with van der Waals surface area (Å²) in [7, 11) is 4.79. The normalized spacial score (nSPS) is 15.1. The van der Waals surface area contributed by atoms with Crippen molar-refractivity contribution in [3.8, 4) is 17.2 Å². The second kappa shape index (κ2) is 8.62. The average Bonchev–Trinajstić information content (AvgIpc) is 2.61. The van der Waals surface area contributed by atoms with Crippen LogP contribution in [0.3, 0.4) is 0 Å². The standard InChI is InChI=1S/C17H26N2O4/c1-21-14-5-4-12(15(22-2)16(14)23-3)8-11-19-17(20)13-6-9-18-10-7-13/h4-5,13,18H,6-11H2,1-3H3,(H,19,20). The molecule has 6 nitrogen and oxygen atoms in total. The summed E-state index contributed by atoms with van der Waals surface area (Å²) in [5.41, 5.74) is 0.982. The third kappa shape index (κ3) is 4.28. The van der Waals surface area contributed by atoms with Gasteiger partial charge in [0.2, 0.25) is 11.7 Å². The predicted molar refractivity (Wildman–Crippen MR) is 88.4 cm³/mol. The first-order valence-electron chi connectivity index (χ1n) is 7.97. The number of benzene rings is 1. The molecule has 1 amide bonds. The molecule has 128 valence electrons. The Hall–Kier alpha value is -1.95. The first kappa shape index (κ1) is 17.4. The number of carbonyl (C=O) groups excluding carboxylic acids is 1. The lowest BCUT2D eigenvalue weighted by atomic mass is 9.97. The minimum Gasteiger partial charge on any atom is -0.493 e. The topological polar surface area (TPSA) is 68.8 Å². The van der Waals surface area contributed by atoms with E-state index >= 15 is 0 Å². The van der Waals surface area contributed by atoms with Gasteiger partial charge in [-0.2, -0.15) is 0 Å². The molecule has 1 heterocycles. The summed E-state index contributed by atoms with van der Waals surface area (Å²) in [5.74, 6) is 2.14. The highest BCUT2D eigenvalue weighted by Gasteiger charge is 2.21. The van der Waals surface area contributed by atoms with Gasteiger partial charge in [0.15, 0.2) is 11.5 Å². The SMILES string of the molecule is COc1ccc(CCNC(=O)C2CCNCC2)c(OC)c1OC. The second-order valence-corrected chi connectivity index (χ2v) is 5.56. The van der Waals surface area contributed by atoms with Gasteiger partial charge in [-0.25, -0.2) is 0 Å². The lowest BCUT2D eigenvalue weighted by Gasteiger charge is -2.22. The van der Waals surface area contributed by atoms with Gasteiger partial charge < -0.3 is 24.8 Å². The molecule has 1 aromatic carbocycles. The number of ether oxygens (including phenoxy) is 3. The molecule has 2 N–H and O–H groups in total. The molecule has 0 bridgehead atoms. The van der Waals surface area contributed by atoms with Crippen LogP contribution in [0, 0.1) is 5.92 Å². The average molecular weight is 322 g/mol. The van der Waals surface area contributed by atoms with Crippen molar-refractivity contribution < 1.29 is 19.0 Å². The minimum absolute atomic E-state index is 0.128. The summed E-state index contributed by atoms with van der Waals surface area (Å²) in [6.45, 7) is 2.41. The smallest absolute Gasteiger partial charge is 0.223 e. The van der Waals surface area contributed by atoms with Crippen molar-refractivity contribution in [1.29, 1.82) is 0 Å². The lowest BCUT2D eigenvalue weighted by molar-refractivity contribution is -0.125. The van der Waals surface area contributed by atoms with Crippen molar-refractivity contribution in [3.63, 3.8) is 0 Å². The molecule has 23 heavy (non-hydrogen) atoms. The van der Waals surface area contributed by atoms with E-state index in [-0.39, 0.29) is 11.8 Å². The molecule has 1 saturated heterocycles. The van der Waals surface area contributed by atoms with E-state index < -0.39 is 0 Å². The third-order valence-corrected chi connectivity index (χ3v) is 4.19. The van der Waals surface area contributed by atoms with Gasteiger partial charge in [0.1, 0.15) is 0 Å². The third-order valence-electron chi connectivity index (χ3n) is 4.19. The summed E-state index contributed by atoms with van der Waals surface area (Å²) < 4.78 is 16.1. The Labute approximate surface area is 137 Å². The van der Waals surface area contributed by atoms with E-state index in [0.29, 0.717) is 30.2 Å². The molecular formula is C17H26N2O4. The number of carbonyl (C=O) groups is 1. The zero-order valence-corrected chi connectivity index (χ0v) is 14.1. The van der Waals surface area contributed by atoms with Gasteiger partial charge in [-0.05, 0) is 38.4 Å². The van der Waals surface area contributed by atoms with Crippen LogP contribution in [0.25, 0.3) is 0 Å². The Morgan fingerprint density at radius 1 is 1.13 bits per heavy atom. The maximum absolute atomic E-state index is 12.2. The molecule has 6 heteroatoms. The molecule has 0 aromatic heterocycles. The highest BCUT2D eigenvalue weighted by atomic mass is 16.5. The van der Waals surface area contributed by atoms with E-state index in [9.17, 15) is 4.79 Å². The Kier molecular flexibility index (Phi) is 6.52. The second-order valence-electron chi connectivity index (χ2n) is 5.56. The molecule has 0 spiro atoms. The largest absolute Gasteiger partial charge is 0.493 e. The van der Waals surface area contributed by atoms with Crippen LogP contribution in [0.1, 0.15) is 18.4 Å². The van der Waals surface area contributed by atoms with Crippen molar-refractivity contribution in [2.75, 3.05) is 41.0 Å². The molecule has 2 rings (SSSR count). The van der Waals surface area contributed by atoms with Crippen LogP contribution in [-0.4, -0.2) is 46.9 Å². The number of methoxy groups -OCH3 is 3. The summed E-state index contributed by atoms with van der Waals surface area (Å²) in [5, 5.41) is 6.29. The Morgan fingerprint density at radius 2 is 1.83 bits per heavy atom. The van der Waals surface area contributed by atoms with Crippen molar-refractivity contribution in [3.05, 3.63) is 17.7 Å². The van der Waals surface area contributed by atoms with Crippen molar-refractivity contribution in [2.45, 2.75) is 19.3 Å². The van der Waals surface area contributed by atoms with Gasteiger partial charge in [0.05, 0.1) is 21.3 Å². The highest BCUT2D eigenvalue weighted by Crippen LogP contribution is 2.39. The summed E-state index contributed by atoms with van der Waals surface area (Å²) in [4.78, 5) is 12.2. The number of hydrogen-bond acceptors (Lipinski definition) is 5. The predicted octanol–water partition coefficient (Wildman–Crippen LogP) is 1.37. The van der Waals surface area contributed by atoms with Crippen LogP contribution in [-0.2, 0) is 11.2 Å². The fourth-order valence-electron chi connectivity index (χ4n) is 2.91. The van der Waals surface area contributed by atoms with Crippen LogP contribution >= 0.6 is 0 Å². The van der Waals surface area contributed by atoms with Crippen molar-refractivity contribution in [2.24, 2.45) is 5.92 Å². The molecule has 1 aliphatic heterocycles. The molecule has 0 unspecified atom stereocenters. The van der Waals surface area contributed by atoms with E-state index in [2.05, 4.69) is 10.6 Å². The van der Waals surface area contributed by atoms with Crippen molar-refractivity contribution in [1.82, 2.24) is 10.6 Å². The summed E-state index contributed by atoms with van der Waals surface area (Å²) in [6, 6.07) is 3.79. The molecule has 1 fully saturated rings. The van der Waals surface area contributed by atoms with E-state index in [0.717, 1.165) is 31.5 Å². The van der Waals surface area contributed by atoms with Gasteiger partial charge in [-0.15, -0.1) is 0 Å². The van der Waals surface area contributed by atoms with E-state index in [4.69, 9.17) is 14.2 Å². The Bertz CT molecular complexity index is 528. The monoisotopic (exact) mass is 322 g/mol. The fourth-order valence-corrected chi connectivity index (χ4v) is 2.91. The van der Waals surface area contributed by atoms with Crippen LogP contribution in [0.4, 0.5) is 0 Å². The Balaban J connectivity index is 1.96. The molecule has 0 atom stereocenters. The zero-order valence-electron chi connectivity index (χ0n) is 14.1.